The summed E-state index contributed by atoms with van der Waals surface area (Å²) >= 11 is 7.21. The Morgan fingerprint density at radius 3 is 2.83 bits per heavy atom. The van der Waals surface area contributed by atoms with Crippen LogP contribution in [0.15, 0.2) is 18.3 Å². The van der Waals surface area contributed by atoms with E-state index in [0.29, 0.717) is 27.9 Å². The maximum absolute atomic E-state index is 12.4. The molecule has 0 aromatic carbocycles. The van der Waals surface area contributed by atoms with Crippen molar-refractivity contribution in [1.82, 2.24) is 4.98 Å². The Morgan fingerprint density at radius 2 is 2.12 bits per heavy atom. The third-order valence-corrected chi connectivity index (χ3v) is 5.30. The Labute approximate surface area is 149 Å². The van der Waals surface area contributed by atoms with E-state index in [1.165, 1.54) is 17.5 Å². The van der Waals surface area contributed by atoms with Gasteiger partial charge in [-0.15, -0.1) is 11.3 Å². The molecule has 5 nitrogen and oxygen atoms in total. The highest BCUT2D eigenvalue weighted by molar-refractivity contribution is 7.17. The number of carbonyl (C=O) groups is 2. The number of esters is 1. The van der Waals surface area contributed by atoms with E-state index in [-0.39, 0.29) is 11.9 Å². The van der Waals surface area contributed by atoms with Gasteiger partial charge in [-0.05, 0) is 50.3 Å². The molecule has 0 spiro atoms. The number of thiophene rings is 1. The maximum atomic E-state index is 12.4. The summed E-state index contributed by atoms with van der Waals surface area (Å²) in [5.74, 6) is -0.690. The number of anilines is 1. The van der Waals surface area contributed by atoms with E-state index in [9.17, 15) is 9.59 Å². The van der Waals surface area contributed by atoms with Crippen LogP contribution in [0.3, 0.4) is 0 Å². The van der Waals surface area contributed by atoms with Gasteiger partial charge in [-0.25, -0.2) is 9.78 Å². The molecule has 0 saturated heterocycles. The first-order valence-electron chi connectivity index (χ1n) is 7.84. The molecule has 0 aliphatic heterocycles. The van der Waals surface area contributed by atoms with Gasteiger partial charge in [0.05, 0.1) is 17.7 Å². The molecule has 0 fully saturated rings. The molecule has 7 heteroatoms. The van der Waals surface area contributed by atoms with Crippen molar-refractivity contribution in [2.24, 2.45) is 0 Å². The van der Waals surface area contributed by atoms with E-state index < -0.39 is 0 Å². The van der Waals surface area contributed by atoms with Gasteiger partial charge in [-0.1, -0.05) is 11.6 Å². The van der Waals surface area contributed by atoms with Crippen LogP contribution in [0.1, 0.15) is 50.9 Å². The lowest BCUT2D eigenvalue weighted by Gasteiger charge is -2.12. The lowest BCUT2D eigenvalue weighted by molar-refractivity contribution is 0.0526. The molecule has 1 aliphatic carbocycles. The fourth-order valence-corrected chi connectivity index (χ4v) is 4.14. The third kappa shape index (κ3) is 3.44. The van der Waals surface area contributed by atoms with E-state index in [4.69, 9.17) is 16.3 Å². The van der Waals surface area contributed by atoms with E-state index in [1.54, 1.807) is 19.1 Å². The number of pyridine rings is 1. The van der Waals surface area contributed by atoms with Crippen LogP contribution in [0, 0.1) is 0 Å². The number of carbonyl (C=O) groups excluding carboxylic acids is 2. The largest absolute Gasteiger partial charge is 0.462 e. The summed E-state index contributed by atoms with van der Waals surface area (Å²) in [6, 6.07) is 3.16. The second-order valence-electron chi connectivity index (χ2n) is 5.46. The summed E-state index contributed by atoms with van der Waals surface area (Å²) in [6.07, 6.45) is 5.34. The maximum Gasteiger partial charge on any atom is 0.341 e. The monoisotopic (exact) mass is 364 g/mol. The van der Waals surface area contributed by atoms with Gasteiger partial charge >= 0.3 is 5.97 Å². The second kappa shape index (κ2) is 7.32. The fourth-order valence-electron chi connectivity index (χ4n) is 2.76. The molecule has 3 rings (SSSR count). The molecule has 1 N–H and O–H groups in total. The van der Waals surface area contributed by atoms with Crippen molar-refractivity contribution in [3.63, 3.8) is 0 Å². The minimum atomic E-state index is -0.374. The molecule has 2 aromatic rings. The SMILES string of the molecule is CCOC(=O)c1c(NC(=O)c2ccc(Cl)nc2)sc2c1CCCC2. The molecule has 1 aliphatic rings. The van der Waals surface area contributed by atoms with Crippen molar-refractivity contribution in [2.45, 2.75) is 32.6 Å². The number of nitrogens with one attached hydrogen (secondary N) is 1. The predicted octanol–water partition coefficient (Wildman–Crippen LogP) is 4.10. The summed E-state index contributed by atoms with van der Waals surface area (Å²) in [6.45, 7) is 2.08. The van der Waals surface area contributed by atoms with Crippen LogP contribution < -0.4 is 5.32 Å². The number of ether oxygens (including phenoxy) is 1. The summed E-state index contributed by atoms with van der Waals surface area (Å²) < 4.78 is 5.18. The zero-order valence-electron chi connectivity index (χ0n) is 13.2. The molecule has 1 amide bonds. The Bertz CT molecular complexity index is 771. The van der Waals surface area contributed by atoms with Crippen LogP contribution in [0.5, 0.6) is 0 Å². The molecular weight excluding hydrogens is 348 g/mol. The number of nitrogens with zero attached hydrogens (tertiary/aromatic N) is 1. The number of hydrogen-bond acceptors (Lipinski definition) is 5. The zero-order valence-corrected chi connectivity index (χ0v) is 14.8. The van der Waals surface area contributed by atoms with Crippen molar-refractivity contribution in [2.75, 3.05) is 11.9 Å². The Balaban J connectivity index is 1.91. The Hall–Kier alpha value is -1.92. The number of fused-ring (bicyclic) bond motifs is 1. The fraction of sp³-hybridized carbons (Fsp3) is 0.353. The van der Waals surface area contributed by atoms with Crippen molar-refractivity contribution < 1.29 is 14.3 Å². The van der Waals surface area contributed by atoms with Crippen LogP contribution in [0.4, 0.5) is 5.00 Å². The minimum absolute atomic E-state index is 0.304. The number of hydrogen-bond donors (Lipinski definition) is 1. The molecule has 0 radical (unpaired) electrons. The van der Waals surface area contributed by atoms with Gasteiger partial charge in [0, 0.05) is 11.1 Å². The van der Waals surface area contributed by atoms with Crippen LogP contribution in [-0.2, 0) is 17.6 Å². The van der Waals surface area contributed by atoms with E-state index in [1.807, 2.05) is 0 Å². The smallest absolute Gasteiger partial charge is 0.341 e. The van der Waals surface area contributed by atoms with Crippen LogP contribution >= 0.6 is 22.9 Å². The molecule has 0 bridgehead atoms. The minimum Gasteiger partial charge on any atom is -0.462 e. The normalized spacial score (nSPS) is 13.2. The van der Waals surface area contributed by atoms with Crippen molar-refractivity contribution in [3.05, 3.63) is 45.1 Å². The average Bonchev–Trinajstić information content (AvgIpc) is 2.93. The van der Waals surface area contributed by atoms with Crippen molar-refractivity contribution >= 4 is 39.8 Å². The highest BCUT2D eigenvalue weighted by atomic mass is 35.5. The second-order valence-corrected chi connectivity index (χ2v) is 6.95. The molecule has 2 heterocycles. The van der Waals surface area contributed by atoms with Gasteiger partial charge < -0.3 is 10.1 Å². The first-order valence-corrected chi connectivity index (χ1v) is 9.04. The van der Waals surface area contributed by atoms with Gasteiger partial charge in [0.15, 0.2) is 0 Å². The summed E-state index contributed by atoms with van der Waals surface area (Å²) in [5, 5.41) is 3.72. The quantitative estimate of drug-likeness (QED) is 0.655. The van der Waals surface area contributed by atoms with Crippen LogP contribution in [-0.4, -0.2) is 23.5 Å². The van der Waals surface area contributed by atoms with Crippen molar-refractivity contribution in [3.8, 4) is 0 Å². The van der Waals surface area contributed by atoms with Crippen LogP contribution in [0.25, 0.3) is 0 Å². The molecule has 0 saturated carbocycles. The first kappa shape index (κ1) is 16.9. The van der Waals surface area contributed by atoms with E-state index >= 15 is 0 Å². The number of aryl methyl sites for hydroxylation is 1. The predicted molar refractivity (Wildman–Crippen MR) is 94.1 cm³/mol. The Morgan fingerprint density at radius 1 is 1.33 bits per heavy atom. The van der Waals surface area contributed by atoms with Gasteiger partial charge in [0.1, 0.15) is 10.2 Å². The number of halogens is 1. The standard InChI is InChI=1S/C17H17ClN2O3S/c1-2-23-17(22)14-11-5-3-4-6-12(11)24-16(14)20-15(21)10-7-8-13(18)19-9-10/h7-9H,2-6H2,1H3,(H,20,21). The van der Waals surface area contributed by atoms with Gasteiger partial charge in [-0.2, -0.15) is 0 Å². The topological polar surface area (TPSA) is 68.3 Å². The number of aromatic nitrogens is 1. The summed E-state index contributed by atoms with van der Waals surface area (Å²) in [5.41, 5.74) is 1.92. The summed E-state index contributed by atoms with van der Waals surface area (Å²) in [4.78, 5) is 29.9. The molecule has 126 valence electrons. The highest BCUT2D eigenvalue weighted by Crippen LogP contribution is 2.38. The van der Waals surface area contributed by atoms with Gasteiger partial charge in [0.2, 0.25) is 0 Å². The van der Waals surface area contributed by atoms with Gasteiger partial charge in [0.25, 0.3) is 5.91 Å². The van der Waals surface area contributed by atoms with Gasteiger partial charge in [-0.3, -0.25) is 4.79 Å². The highest BCUT2D eigenvalue weighted by Gasteiger charge is 2.27. The molecule has 2 aromatic heterocycles. The zero-order chi connectivity index (χ0) is 17.1. The first-order chi connectivity index (χ1) is 11.6. The number of amides is 1. The van der Waals surface area contributed by atoms with Crippen molar-refractivity contribution in [1.29, 1.82) is 0 Å². The number of rotatable bonds is 4. The lowest BCUT2D eigenvalue weighted by atomic mass is 9.95. The van der Waals surface area contributed by atoms with E-state index in [0.717, 1.165) is 36.1 Å². The summed E-state index contributed by atoms with van der Waals surface area (Å²) in [7, 11) is 0. The molecule has 0 unspecified atom stereocenters. The van der Waals surface area contributed by atoms with Crippen LogP contribution in [0.2, 0.25) is 5.15 Å². The molecular formula is C17H17ClN2O3S. The molecule has 24 heavy (non-hydrogen) atoms. The molecule has 0 atom stereocenters. The van der Waals surface area contributed by atoms with E-state index in [2.05, 4.69) is 10.3 Å². The Kier molecular flexibility index (Phi) is 5.16. The average molecular weight is 365 g/mol. The third-order valence-electron chi connectivity index (χ3n) is 3.87. The lowest BCUT2D eigenvalue weighted by Crippen LogP contribution is -2.16.